The number of anilines is 1. The van der Waals surface area contributed by atoms with Crippen molar-refractivity contribution in [2.75, 3.05) is 25.0 Å². The van der Waals surface area contributed by atoms with E-state index >= 15 is 0 Å². The predicted octanol–water partition coefficient (Wildman–Crippen LogP) is 9.13. The quantitative estimate of drug-likeness (QED) is 0.0314. The van der Waals surface area contributed by atoms with Crippen LogP contribution >= 0.6 is 22.7 Å². The molecule has 0 saturated heterocycles. The molecule has 0 saturated carbocycles. The number of aromatic nitrogens is 2. The van der Waals surface area contributed by atoms with E-state index in [9.17, 15) is 10.2 Å². The lowest BCUT2D eigenvalue weighted by Gasteiger charge is -2.11. The van der Waals surface area contributed by atoms with E-state index in [1.807, 2.05) is 36.4 Å². The number of phenols is 2. The van der Waals surface area contributed by atoms with E-state index in [4.69, 9.17) is 9.97 Å². The van der Waals surface area contributed by atoms with Crippen LogP contribution in [-0.2, 0) is 13.1 Å². The van der Waals surface area contributed by atoms with E-state index in [-0.39, 0.29) is 11.5 Å². The van der Waals surface area contributed by atoms with Crippen LogP contribution in [-0.4, -0.2) is 46.0 Å². The minimum Gasteiger partial charge on any atom is -0.506 e. The van der Waals surface area contributed by atoms with Crippen LogP contribution < -0.4 is 16.0 Å². The minimum absolute atomic E-state index is 0.0233. The van der Waals surface area contributed by atoms with Gasteiger partial charge < -0.3 is 26.2 Å². The average molecular weight is 699 g/mol. The molecule has 0 aliphatic rings. The molecule has 2 aromatic heterocycles. The molecule has 7 aromatic rings. The molecule has 5 N–H and O–H groups in total. The van der Waals surface area contributed by atoms with Crippen molar-refractivity contribution >= 4 is 60.7 Å². The number of nitrogens with zero attached hydrogens (tertiary/aromatic N) is 3. The van der Waals surface area contributed by atoms with Gasteiger partial charge in [-0.2, -0.15) is 0 Å². The first-order valence-electron chi connectivity index (χ1n) is 16.7. The summed E-state index contributed by atoms with van der Waals surface area (Å²) in [6.07, 6.45) is 3.29. The summed E-state index contributed by atoms with van der Waals surface area (Å²) < 4.78 is 2.40. The van der Waals surface area contributed by atoms with Crippen LogP contribution in [0.25, 0.3) is 41.6 Å². The highest BCUT2D eigenvalue weighted by Crippen LogP contribution is 2.37. The highest BCUT2D eigenvalue weighted by Gasteiger charge is 2.09. The summed E-state index contributed by atoms with van der Waals surface area (Å²) in [5.74, 6) is 0.0821. The Morgan fingerprint density at radius 2 is 1.18 bits per heavy atom. The van der Waals surface area contributed by atoms with Crippen molar-refractivity contribution < 1.29 is 10.2 Å². The highest BCUT2D eigenvalue weighted by molar-refractivity contribution is 7.22. The molecule has 0 amide bonds. The van der Waals surface area contributed by atoms with Gasteiger partial charge in [-0.1, -0.05) is 72.8 Å². The number of hydrogen-bond acceptors (Lipinski definition) is 10. The van der Waals surface area contributed by atoms with E-state index < -0.39 is 0 Å². The highest BCUT2D eigenvalue weighted by atomic mass is 32.1. The summed E-state index contributed by atoms with van der Waals surface area (Å²) in [6.45, 7) is 3.71. The van der Waals surface area contributed by atoms with E-state index in [2.05, 4.69) is 81.6 Å². The minimum atomic E-state index is 0.0233. The van der Waals surface area contributed by atoms with Gasteiger partial charge in [-0.05, 0) is 54.8 Å². The third-order valence-electron chi connectivity index (χ3n) is 8.27. The van der Waals surface area contributed by atoms with Crippen LogP contribution in [0.2, 0.25) is 0 Å². The lowest BCUT2D eigenvalue weighted by atomic mass is 10.1. The Labute approximate surface area is 299 Å². The van der Waals surface area contributed by atoms with Crippen LogP contribution in [0.4, 0.5) is 11.4 Å². The number of aliphatic imine (C=N–C) groups is 1. The van der Waals surface area contributed by atoms with Crippen LogP contribution in [0.3, 0.4) is 0 Å². The van der Waals surface area contributed by atoms with E-state index in [1.165, 1.54) is 32.7 Å². The van der Waals surface area contributed by atoms with E-state index in [0.29, 0.717) is 24.3 Å². The topological polar surface area (TPSA) is 115 Å². The Morgan fingerprint density at radius 3 is 1.76 bits per heavy atom. The second-order valence-electron chi connectivity index (χ2n) is 12.0. The number of phenolic OH excluding ortho intramolecular Hbond substituents is 2. The van der Waals surface area contributed by atoms with Crippen molar-refractivity contribution in [1.82, 2.24) is 20.6 Å². The molecule has 0 bridgehead atoms. The second-order valence-corrected chi connectivity index (χ2v) is 14.0. The molecule has 0 atom stereocenters. The Kier molecular flexibility index (Phi) is 10.7. The fourth-order valence-corrected chi connectivity index (χ4v) is 7.51. The van der Waals surface area contributed by atoms with Gasteiger partial charge in [-0.15, -0.1) is 22.7 Å². The van der Waals surface area contributed by atoms with Gasteiger partial charge in [-0.3, -0.25) is 4.99 Å². The van der Waals surface area contributed by atoms with Gasteiger partial charge in [0.15, 0.2) is 0 Å². The van der Waals surface area contributed by atoms with Crippen molar-refractivity contribution in [3.8, 4) is 32.6 Å². The fraction of sp³-hybridized carbons (Fsp3) is 0.175. The molecule has 10 heteroatoms. The zero-order chi connectivity index (χ0) is 34.1. The van der Waals surface area contributed by atoms with Gasteiger partial charge in [0.1, 0.15) is 27.2 Å². The summed E-state index contributed by atoms with van der Waals surface area (Å²) in [5, 5.41) is 33.2. The number of aromatic hydroxyl groups is 2. The number of nitrogens with one attached hydrogen (secondary N) is 3. The molecule has 5 aromatic carbocycles. The molecule has 50 heavy (non-hydrogen) atoms. The number of thiazole rings is 2. The number of para-hydroxylation sites is 2. The van der Waals surface area contributed by atoms with Crippen LogP contribution in [0, 0.1) is 0 Å². The monoisotopic (exact) mass is 698 g/mol. The molecule has 0 unspecified atom stereocenters. The van der Waals surface area contributed by atoms with Crippen molar-refractivity contribution in [2.24, 2.45) is 4.99 Å². The largest absolute Gasteiger partial charge is 0.506 e. The summed E-state index contributed by atoms with van der Waals surface area (Å²) in [5.41, 5.74) is 7.56. The van der Waals surface area contributed by atoms with Gasteiger partial charge >= 0.3 is 0 Å². The maximum Gasteiger partial charge on any atom is 0.143 e. The van der Waals surface area contributed by atoms with Crippen molar-refractivity contribution in [3.05, 3.63) is 120 Å². The molecule has 0 aliphatic heterocycles. The number of benzene rings is 5. The van der Waals surface area contributed by atoms with Crippen molar-refractivity contribution in [3.63, 3.8) is 0 Å². The van der Waals surface area contributed by atoms with Crippen molar-refractivity contribution in [1.29, 1.82) is 0 Å². The third kappa shape index (κ3) is 8.35. The first-order valence-corrected chi connectivity index (χ1v) is 18.4. The van der Waals surface area contributed by atoms with Gasteiger partial charge in [0.2, 0.25) is 0 Å². The molecule has 7 rings (SSSR count). The van der Waals surface area contributed by atoms with Crippen LogP contribution in [0.1, 0.15) is 24.0 Å². The standard InChI is InChI=1S/C40H38N6O2S2/c47-35-24-34(44-22-6-20-42-26-28-13-17-30(18-14-28)40-46-32-8-2-4-10-38(32)50-40)36(48)23-33(35)43-21-5-19-41-25-27-11-15-29(16-12-27)39-45-31-7-1-3-9-37(31)49-39/h1-4,7-18,21,23-24,41-42,44,47-48H,5-6,19-20,22,25-26H2. The number of rotatable bonds is 15. The van der Waals surface area contributed by atoms with Gasteiger partial charge in [0.25, 0.3) is 0 Å². The Bertz CT molecular complexity index is 2140. The molecule has 252 valence electrons. The Balaban J connectivity index is 0.790. The van der Waals surface area contributed by atoms with Crippen molar-refractivity contribution in [2.45, 2.75) is 25.9 Å². The Hall–Kier alpha value is -5.13. The SMILES string of the molecule is Oc1cc(NCCCNCc2ccc(-c3nc4ccccc4s3)cc2)c(O)cc1N=CCCNCc1ccc(-c2nc3ccccc3s2)cc1. The summed E-state index contributed by atoms with van der Waals surface area (Å²) in [6, 6.07) is 36.5. The zero-order valence-corrected chi connectivity index (χ0v) is 29.1. The molecule has 0 aliphatic carbocycles. The van der Waals surface area contributed by atoms with Gasteiger partial charge in [-0.25, -0.2) is 9.97 Å². The number of hydrogen-bond donors (Lipinski definition) is 5. The lowest BCUT2D eigenvalue weighted by molar-refractivity contribution is 0.463. The van der Waals surface area contributed by atoms with E-state index in [0.717, 1.165) is 64.8 Å². The predicted molar refractivity (Wildman–Crippen MR) is 209 cm³/mol. The summed E-state index contributed by atoms with van der Waals surface area (Å²) in [4.78, 5) is 13.9. The lowest BCUT2D eigenvalue weighted by Crippen LogP contribution is -2.17. The first kappa shape index (κ1) is 33.4. The molecule has 0 fully saturated rings. The molecule has 0 spiro atoms. The Morgan fingerprint density at radius 1 is 0.620 bits per heavy atom. The third-order valence-corrected chi connectivity index (χ3v) is 10.4. The number of fused-ring (bicyclic) bond motifs is 2. The second kappa shape index (κ2) is 16.1. The summed E-state index contributed by atoms with van der Waals surface area (Å²) in [7, 11) is 0. The summed E-state index contributed by atoms with van der Waals surface area (Å²) >= 11 is 3.42. The molecule has 0 radical (unpaired) electrons. The van der Waals surface area contributed by atoms with E-state index in [1.54, 1.807) is 28.9 Å². The van der Waals surface area contributed by atoms with Gasteiger partial charge in [0, 0.05) is 55.7 Å². The average Bonchev–Trinajstić information content (AvgIpc) is 3.78. The maximum absolute atomic E-state index is 10.5. The van der Waals surface area contributed by atoms with Crippen LogP contribution in [0.15, 0.2) is 114 Å². The normalized spacial score (nSPS) is 11.6. The molecule has 2 heterocycles. The maximum atomic E-state index is 10.5. The first-order chi connectivity index (χ1) is 24.6. The zero-order valence-electron chi connectivity index (χ0n) is 27.5. The smallest absolute Gasteiger partial charge is 0.143 e. The molecular formula is C40H38N6O2S2. The molecular weight excluding hydrogens is 661 g/mol. The van der Waals surface area contributed by atoms with Gasteiger partial charge in [0.05, 0.1) is 26.1 Å². The fourth-order valence-electron chi connectivity index (χ4n) is 5.56. The van der Waals surface area contributed by atoms with Crippen LogP contribution in [0.5, 0.6) is 11.5 Å². The molecule has 8 nitrogen and oxygen atoms in total.